The Labute approximate surface area is 113 Å². The summed E-state index contributed by atoms with van der Waals surface area (Å²) >= 11 is 1.39. The number of hydrogen-bond acceptors (Lipinski definition) is 5. The lowest BCUT2D eigenvalue weighted by Crippen LogP contribution is -2.25. The number of rotatable bonds is 4. The van der Waals surface area contributed by atoms with Crippen LogP contribution in [0, 0.1) is 0 Å². The van der Waals surface area contributed by atoms with E-state index in [9.17, 15) is 4.79 Å². The number of esters is 1. The maximum Gasteiger partial charge on any atom is 0.358 e. The zero-order valence-corrected chi connectivity index (χ0v) is 12.6. The smallest absolute Gasteiger partial charge is 0.358 e. The first-order chi connectivity index (χ1) is 8.28. The molecular formula is C13H22N2O2S. The number of anilines is 1. The molecular weight excluding hydrogens is 248 g/mol. The Hall–Kier alpha value is -1.10. The normalized spacial score (nSPS) is 11.9. The summed E-state index contributed by atoms with van der Waals surface area (Å²) in [5, 5.41) is 0.428. The molecule has 0 aromatic carbocycles. The molecule has 0 radical (unpaired) electrons. The summed E-state index contributed by atoms with van der Waals surface area (Å²) in [7, 11) is 0. The Kier molecular flexibility index (Phi) is 4.73. The third kappa shape index (κ3) is 3.70. The maximum atomic E-state index is 12.1. The standard InChI is InChI=1S/C13H22N2O2S/c1-6-8(7-2)10-9(15-12(14)18-10)11(16)17-13(3,4)5/h8H,6-7H2,1-5H3,(H2,14,15). The Balaban J connectivity index is 3.05. The van der Waals surface area contributed by atoms with Crippen molar-refractivity contribution in [3.63, 3.8) is 0 Å². The molecule has 102 valence electrons. The zero-order chi connectivity index (χ0) is 13.9. The maximum absolute atomic E-state index is 12.1. The summed E-state index contributed by atoms with van der Waals surface area (Å²) in [6, 6.07) is 0. The van der Waals surface area contributed by atoms with E-state index >= 15 is 0 Å². The first-order valence-corrected chi connectivity index (χ1v) is 7.09. The summed E-state index contributed by atoms with van der Waals surface area (Å²) in [6.07, 6.45) is 1.93. The predicted octanol–water partition coefficient (Wildman–Crippen LogP) is 3.58. The molecule has 0 bridgehead atoms. The highest BCUT2D eigenvalue weighted by Gasteiger charge is 2.26. The lowest BCUT2D eigenvalue weighted by atomic mass is 10.0. The zero-order valence-electron chi connectivity index (χ0n) is 11.7. The molecule has 0 atom stereocenters. The van der Waals surface area contributed by atoms with Crippen molar-refractivity contribution >= 4 is 22.4 Å². The van der Waals surface area contributed by atoms with Gasteiger partial charge in [-0.15, -0.1) is 11.3 Å². The first kappa shape index (κ1) is 15.0. The number of nitrogens with two attached hydrogens (primary N) is 1. The lowest BCUT2D eigenvalue weighted by molar-refractivity contribution is 0.00621. The minimum absolute atomic E-state index is 0.322. The molecule has 5 heteroatoms. The summed E-state index contributed by atoms with van der Waals surface area (Å²) < 4.78 is 5.37. The molecule has 0 spiro atoms. The molecule has 0 aliphatic rings. The minimum Gasteiger partial charge on any atom is -0.455 e. The summed E-state index contributed by atoms with van der Waals surface area (Å²) in [4.78, 5) is 17.2. The summed E-state index contributed by atoms with van der Waals surface area (Å²) in [6.45, 7) is 9.73. The van der Waals surface area contributed by atoms with Gasteiger partial charge in [-0.25, -0.2) is 9.78 Å². The molecule has 0 fully saturated rings. The molecule has 2 N–H and O–H groups in total. The van der Waals surface area contributed by atoms with Gasteiger partial charge in [0.25, 0.3) is 0 Å². The molecule has 0 aliphatic carbocycles. The van der Waals surface area contributed by atoms with Crippen LogP contribution in [0.25, 0.3) is 0 Å². The van der Waals surface area contributed by atoms with E-state index in [1.54, 1.807) is 0 Å². The second-order valence-electron chi connectivity index (χ2n) is 5.28. The third-order valence-corrected chi connectivity index (χ3v) is 3.67. The van der Waals surface area contributed by atoms with E-state index in [4.69, 9.17) is 10.5 Å². The number of nitrogen functional groups attached to an aromatic ring is 1. The fourth-order valence-corrected chi connectivity index (χ4v) is 2.85. The molecule has 0 amide bonds. The minimum atomic E-state index is -0.513. The van der Waals surface area contributed by atoms with Crippen LogP contribution in [0.4, 0.5) is 5.13 Å². The highest BCUT2D eigenvalue weighted by Crippen LogP contribution is 2.33. The van der Waals surface area contributed by atoms with Crippen LogP contribution in [0.2, 0.25) is 0 Å². The van der Waals surface area contributed by atoms with Crippen molar-refractivity contribution in [1.29, 1.82) is 0 Å². The predicted molar refractivity (Wildman–Crippen MR) is 75.0 cm³/mol. The quantitative estimate of drug-likeness (QED) is 0.849. The second-order valence-corrected chi connectivity index (χ2v) is 6.34. The second kappa shape index (κ2) is 5.69. The van der Waals surface area contributed by atoms with Crippen molar-refractivity contribution in [2.75, 3.05) is 5.73 Å². The van der Waals surface area contributed by atoms with Gasteiger partial charge >= 0.3 is 5.97 Å². The van der Waals surface area contributed by atoms with Crippen LogP contribution in [0.1, 0.15) is 68.7 Å². The van der Waals surface area contributed by atoms with Crippen LogP contribution in [-0.4, -0.2) is 16.6 Å². The fraction of sp³-hybridized carbons (Fsp3) is 0.692. The van der Waals surface area contributed by atoms with Gasteiger partial charge in [0.05, 0.1) is 0 Å². The van der Waals surface area contributed by atoms with E-state index in [-0.39, 0.29) is 5.97 Å². The van der Waals surface area contributed by atoms with Crippen LogP contribution < -0.4 is 5.73 Å². The third-order valence-electron chi connectivity index (χ3n) is 2.62. The van der Waals surface area contributed by atoms with Gasteiger partial charge < -0.3 is 10.5 Å². The molecule has 1 aromatic heterocycles. The van der Waals surface area contributed by atoms with Gasteiger partial charge in [0.2, 0.25) is 0 Å². The highest BCUT2D eigenvalue weighted by atomic mass is 32.1. The van der Waals surface area contributed by atoms with Crippen LogP contribution in [0.15, 0.2) is 0 Å². The van der Waals surface area contributed by atoms with Gasteiger partial charge in [-0.2, -0.15) is 0 Å². The van der Waals surface area contributed by atoms with Crippen LogP contribution >= 0.6 is 11.3 Å². The average Bonchev–Trinajstić information content (AvgIpc) is 2.60. The number of ether oxygens (including phenoxy) is 1. The van der Waals surface area contributed by atoms with Gasteiger partial charge in [-0.3, -0.25) is 0 Å². The average molecular weight is 270 g/mol. The number of carbonyl (C=O) groups excluding carboxylic acids is 1. The number of thiazole rings is 1. The van der Waals surface area contributed by atoms with E-state index in [0.717, 1.165) is 17.7 Å². The van der Waals surface area contributed by atoms with E-state index in [2.05, 4.69) is 18.8 Å². The topological polar surface area (TPSA) is 65.2 Å². The van der Waals surface area contributed by atoms with Crippen molar-refractivity contribution in [1.82, 2.24) is 4.98 Å². The summed E-state index contributed by atoms with van der Waals surface area (Å²) in [5.41, 5.74) is 5.60. The first-order valence-electron chi connectivity index (χ1n) is 6.28. The Morgan fingerprint density at radius 2 is 1.94 bits per heavy atom. The van der Waals surface area contributed by atoms with Crippen molar-refractivity contribution in [3.05, 3.63) is 10.6 Å². The van der Waals surface area contributed by atoms with Gasteiger partial charge in [0.15, 0.2) is 10.8 Å². The van der Waals surface area contributed by atoms with E-state index < -0.39 is 5.60 Å². The largest absolute Gasteiger partial charge is 0.455 e. The van der Waals surface area contributed by atoms with Crippen LogP contribution in [0.3, 0.4) is 0 Å². The molecule has 0 saturated carbocycles. The Bertz CT molecular complexity index is 417. The van der Waals surface area contributed by atoms with E-state index in [0.29, 0.717) is 16.7 Å². The van der Waals surface area contributed by atoms with E-state index in [1.165, 1.54) is 11.3 Å². The summed E-state index contributed by atoms with van der Waals surface area (Å²) in [5.74, 6) is -0.0559. The number of hydrogen-bond donors (Lipinski definition) is 1. The van der Waals surface area contributed by atoms with Gasteiger partial charge in [-0.1, -0.05) is 13.8 Å². The number of aromatic nitrogens is 1. The van der Waals surface area contributed by atoms with Crippen molar-refractivity contribution in [2.24, 2.45) is 0 Å². The van der Waals surface area contributed by atoms with Gasteiger partial charge in [-0.05, 0) is 39.5 Å². The van der Waals surface area contributed by atoms with Crippen molar-refractivity contribution < 1.29 is 9.53 Å². The molecule has 0 aliphatic heterocycles. The highest BCUT2D eigenvalue weighted by molar-refractivity contribution is 7.15. The molecule has 0 saturated heterocycles. The Morgan fingerprint density at radius 3 is 2.39 bits per heavy atom. The molecule has 18 heavy (non-hydrogen) atoms. The van der Waals surface area contributed by atoms with Gasteiger partial charge in [0.1, 0.15) is 5.60 Å². The number of carbonyl (C=O) groups is 1. The monoisotopic (exact) mass is 270 g/mol. The van der Waals surface area contributed by atoms with Crippen molar-refractivity contribution in [2.45, 2.75) is 59.0 Å². The fourth-order valence-electron chi connectivity index (χ4n) is 1.76. The molecule has 1 aromatic rings. The molecule has 4 nitrogen and oxygen atoms in total. The van der Waals surface area contributed by atoms with E-state index in [1.807, 2.05) is 20.8 Å². The van der Waals surface area contributed by atoms with Crippen molar-refractivity contribution in [3.8, 4) is 0 Å². The van der Waals surface area contributed by atoms with Crippen LogP contribution in [-0.2, 0) is 4.74 Å². The molecule has 0 unspecified atom stereocenters. The van der Waals surface area contributed by atoms with Gasteiger partial charge in [0, 0.05) is 4.88 Å². The molecule has 1 heterocycles. The van der Waals surface area contributed by atoms with Crippen LogP contribution in [0.5, 0.6) is 0 Å². The lowest BCUT2D eigenvalue weighted by Gasteiger charge is -2.20. The number of nitrogens with zero attached hydrogens (tertiary/aromatic N) is 1. The SMILES string of the molecule is CCC(CC)c1sc(N)nc1C(=O)OC(C)(C)C. The Morgan fingerprint density at radius 1 is 1.39 bits per heavy atom. The molecule has 1 rings (SSSR count).